The first-order valence-electron chi connectivity index (χ1n) is 8.19. The molecule has 1 heterocycles. The fourth-order valence-corrected chi connectivity index (χ4v) is 4.38. The summed E-state index contributed by atoms with van der Waals surface area (Å²) in [6, 6.07) is 6.01. The Morgan fingerprint density at radius 3 is 2.86 bits per heavy atom. The van der Waals surface area contributed by atoms with E-state index < -0.39 is 5.97 Å². The third kappa shape index (κ3) is 2.16. The van der Waals surface area contributed by atoms with Crippen LogP contribution in [0.4, 0.5) is 5.69 Å². The Morgan fingerprint density at radius 2 is 2.09 bits per heavy atom. The van der Waals surface area contributed by atoms with Crippen LogP contribution in [-0.2, 0) is 0 Å². The minimum atomic E-state index is -0.846. The molecule has 1 aromatic carbocycles. The van der Waals surface area contributed by atoms with Gasteiger partial charge in [-0.2, -0.15) is 0 Å². The van der Waals surface area contributed by atoms with Gasteiger partial charge in [-0.15, -0.1) is 0 Å². The first kappa shape index (κ1) is 13.6. The van der Waals surface area contributed by atoms with Crippen molar-refractivity contribution >= 4 is 11.7 Å². The van der Waals surface area contributed by atoms with E-state index in [4.69, 9.17) is 0 Å². The van der Waals surface area contributed by atoms with Crippen LogP contribution in [-0.4, -0.2) is 17.1 Å². The summed E-state index contributed by atoms with van der Waals surface area (Å²) in [4.78, 5) is 11.2. The molecule has 1 aromatic rings. The lowest BCUT2D eigenvalue weighted by atomic mass is 9.72. The smallest absolute Gasteiger partial charge is 0.335 e. The fraction of sp³-hybridized carbons (Fsp3) is 0.421. The van der Waals surface area contributed by atoms with Crippen molar-refractivity contribution in [3.63, 3.8) is 0 Å². The normalized spacial score (nSPS) is 32.2. The first-order chi connectivity index (χ1) is 10.7. The standard InChI is InChI=1S/C19H21NO2/c21-19(22)13-9-10-17-16(11-13)14-7-4-8-15(14)18(20-17)12-5-2-1-3-6-12/h1-2,4,7,9-12,14-15,18,20H,3,5-6,8H2,(H,21,22)/t12-,14-,15+,18-/m0/s1. The summed E-state index contributed by atoms with van der Waals surface area (Å²) in [5, 5.41) is 13.0. The van der Waals surface area contributed by atoms with Crippen LogP contribution >= 0.6 is 0 Å². The molecule has 114 valence electrons. The number of fused-ring (bicyclic) bond motifs is 3. The highest BCUT2D eigenvalue weighted by molar-refractivity contribution is 5.88. The van der Waals surface area contributed by atoms with Crippen LogP contribution < -0.4 is 5.32 Å². The van der Waals surface area contributed by atoms with Gasteiger partial charge in [-0.25, -0.2) is 4.79 Å². The summed E-state index contributed by atoms with van der Waals surface area (Å²) in [6.07, 6.45) is 13.8. The Labute approximate surface area is 130 Å². The molecule has 0 saturated heterocycles. The average Bonchev–Trinajstić information content (AvgIpc) is 3.04. The van der Waals surface area contributed by atoms with Crippen LogP contribution in [0.2, 0.25) is 0 Å². The lowest BCUT2D eigenvalue weighted by Gasteiger charge is -2.42. The first-order valence-corrected chi connectivity index (χ1v) is 8.19. The van der Waals surface area contributed by atoms with E-state index in [1.165, 1.54) is 12.8 Å². The number of allylic oxidation sites excluding steroid dienone is 4. The zero-order valence-corrected chi connectivity index (χ0v) is 12.5. The van der Waals surface area contributed by atoms with Gasteiger partial charge in [0.15, 0.2) is 0 Å². The summed E-state index contributed by atoms with van der Waals surface area (Å²) in [5.41, 5.74) is 2.66. The molecule has 0 saturated carbocycles. The minimum Gasteiger partial charge on any atom is -0.478 e. The lowest BCUT2D eigenvalue weighted by Crippen LogP contribution is -2.41. The van der Waals surface area contributed by atoms with Gasteiger partial charge in [0.2, 0.25) is 0 Å². The van der Waals surface area contributed by atoms with E-state index in [-0.39, 0.29) is 0 Å². The van der Waals surface area contributed by atoms with E-state index in [9.17, 15) is 9.90 Å². The highest BCUT2D eigenvalue weighted by Gasteiger charge is 2.40. The molecule has 0 unspecified atom stereocenters. The van der Waals surface area contributed by atoms with Gasteiger partial charge in [-0.1, -0.05) is 24.3 Å². The number of rotatable bonds is 2. The molecule has 4 rings (SSSR count). The molecule has 1 aliphatic heterocycles. The maximum absolute atomic E-state index is 11.2. The Morgan fingerprint density at radius 1 is 1.18 bits per heavy atom. The molecule has 0 radical (unpaired) electrons. The summed E-state index contributed by atoms with van der Waals surface area (Å²) in [5.74, 6) is 0.769. The van der Waals surface area contributed by atoms with Crippen molar-refractivity contribution in [2.24, 2.45) is 11.8 Å². The molecule has 0 spiro atoms. The van der Waals surface area contributed by atoms with Crippen LogP contribution in [0.15, 0.2) is 42.5 Å². The second-order valence-electron chi connectivity index (χ2n) is 6.68. The van der Waals surface area contributed by atoms with E-state index in [1.807, 2.05) is 12.1 Å². The van der Waals surface area contributed by atoms with Crippen molar-refractivity contribution in [3.05, 3.63) is 53.6 Å². The van der Waals surface area contributed by atoms with Gasteiger partial charge in [-0.3, -0.25) is 0 Å². The molecule has 0 amide bonds. The molecule has 2 N–H and O–H groups in total. The van der Waals surface area contributed by atoms with Gasteiger partial charge in [0, 0.05) is 17.6 Å². The second-order valence-corrected chi connectivity index (χ2v) is 6.68. The quantitative estimate of drug-likeness (QED) is 0.804. The number of carboxylic acids is 1. The summed E-state index contributed by atoms with van der Waals surface area (Å²) in [6.45, 7) is 0. The molecule has 0 aromatic heterocycles. The van der Waals surface area contributed by atoms with Crippen molar-refractivity contribution in [2.45, 2.75) is 37.6 Å². The monoisotopic (exact) mass is 295 g/mol. The number of aromatic carboxylic acids is 1. The van der Waals surface area contributed by atoms with Crippen LogP contribution in [0.3, 0.4) is 0 Å². The van der Waals surface area contributed by atoms with Crippen molar-refractivity contribution in [1.29, 1.82) is 0 Å². The predicted octanol–water partition coefficient (Wildman–Crippen LogP) is 4.19. The largest absolute Gasteiger partial charge is 0.478 e. The maximum atomic E-state index is 11.2. The number of nitrogens with one attached hydrogen (secondary N) is 1. The molecule has 22 heavy (non-hydrogen) atoms. The third-order valence-electron chi connectivity index (χ3n) is 5.47. The minimum absolute atomic E-state index is 0.367. The zero-order chi connectivity index (χ0) is 15.1. The van der Waals surface area contributed by atoms with E-state index in [0.29, 0.717) is 29.4 Å². The average molecular weight is 295 g/mol. The molecule has 3 heteroatoms. The van der Waals surface area contributed by atoms with Gasteiger partial charge >= 0.3 is 5.97 Å². The van der Waals surface area contributed by atoms with Gasteiger partial charge in [0.25, 0.3) is 0 Å². The van der Waals surface area contributed by atoms with Gasteiger partial charge in [-0.05, 0) is 61.3 Å². The van der Waals surface area contributed by atoms with E-state index in [0.717, 1.165) is 24.1 Å². The summed E-state index contributed by atoms with van der Waals surface area (Å²) in [7, 11) is 0. The number of carboxylic acid groups (broad SMARTS) is 1. The topological polar surface area (TPSA) is 49.3 Å². The summed E-state index contributed by atoms with van der Waals surface area (Å²) >= 11 is 0. The Kier molecular flexibility index (Phi) is 3.29. The van der Waals surface area contributed by atoms with Gasteiger partial charge in [0.1, 0.15) is 0 Å². The Bertz CT molecular complexity index is 661. The van der Waals surface area contributed by atoms with Gasteiger partial charge < -0.3 is 10.4 Å². The third-order valence-corrected chi connectivity index (χ3v) is 5.47. The molecule has 0 bridgehead atoms. The van der Waals surface area contributed by atoms with E-state index in [1.54, 1.807) is 6.07 Å². The Balaban J connectivity index is 1.70. The van der Waals surface area contributed by atoms with Crippen LogP contribution in [0.25, 0.3) is 0 Å². The van der Waals surface area contributed by atoms with Crippen molar-refractivity contribution in [3.8, 4) is 0 Å². The van der Waals surface area contributed by atoms with Crippen LogP contribution in [0.1, 0.15) is 47.5 Å². The maximum Gasteiger partial charge on any atom is 0.335 e. The van der Waals surface area contributed by atoms with Gasteiger partial charge in [0.05, 0.1) is 5.56 Å². The van der Waals surface area contributed by atoms with Crippen LogP contribution in [0, 0.1) is 11.8 Å². The fourth-order valence-electron chi connectivity index (χ4n) is 4.38. The highest BCUT2D eigenvalue weighted by Crippen LogP contribution is 2.47. The zero-order valence-electron chi connectivity index (χ0n) is 12.5. The molecular weight excluding hydrogens is 274 g/mol. The Hall–Kier alpha value is -2.03. The molecule has 0 fully saturated rings. The molecule has 3 aliphatic rings. The van der Waals surface area contributed by atoms with Crippen molar-refractivity contribution in [2.75, 3.05) is 5.32 Å². The number of carbonyl (C=O) groups is 1. The number of anilines is 1. The molecule has 4 atom stereocenters. The number of hydrogen-bond donors (Lipinski definition) is 2. The molecule has 2 aliphatic carbocycles. The van der Waals surface area contributed by atoms with Crippen LogP contribution in [0.5, 0.6) is 0 Å². The predicted molar refractivity (Wildman–Crippen MR) is 87.3 cm³/mol. The SMILES string of the molecule is O=C(O)c1ccc2c(c1)[C@H]1C=CC[C@H]1[C@H]([C@H]1CC=CCC1)N2. The lowest BCUT2D eigenvalue weighted by molar-refractivity contribution is 0.0696. The highest BCUT2D eigenvalue weighted by atomic mass is 16.4. The number of hydrogen-bond acceptors (Lipinski definition) is 2. The molecular formula is C19H21NO2. The van der Waals surface area contributed by atoms with E-state index in [2.05, 4.69) is 29.6 Å². The second kappa shape index (κ2) is 5.31. The number of benzene rings is 1. The molecule has 3 nitrogen and oxygen atoms in total. The van der Waals surface area contributed by atoms with E-state index >= 15 is 0 Å². The van der Waals surface area contributed by atoms with Crippen molar-refractivity contribution in [1.82, 2.24) is 0 Å². The summed E-state index contributed by atoms with van der Waals surface area (Å²) < 4.78 is 0. The van der Waals surface area contributed by atoms with Crippen molar-refractivity contribution < 1.29 is 9.90 Å².